The Morgan fingerprint density at radius 3 is 1.86 bits per heavy atom. The molecule has 0 spiro atoms. The van der Waals surface area contributed by atoms with Crippen LogP contribution in [0.1, 0.15) is 32.4 Å². The minimum Gasteiger partial charge on any atom is -0.343 e. The van der Waals surface area contributed by atoms with Gasteiger partial charge in [-0.1, -0.05) is 51.1 Å². The van der Waals surface area contributed by atoms with Gasteiger partial charge in [-0.25, -0.2) is 0 Å². The second-order valence-corrected chi connectivity index (χ2v) is 5.76. The number of carbonyl (C=O) groups is 1. The predicted molar refractivity (Wildman–Crippen MR) is 67.8 cm³/mol. The molecule has 1 aromatic rings. The lowest BCUT2D eigenvalue weighted by molar-refractivity contribution is -0.270. The van der Waals surface area contributed by atoms with Crippen molar-refractivity contribution in [3.63, 3.8) is 0 Å². The first-order valence-electron chi connectivity index (χ1n) is 6.18. The molecule has 1 N–H and O–H groups in total. The van der Waals surface area contributed by atoms with Crippen LogP contribution >= 0.6 is 0 Å². The van der Waals surface area contributed by atoms with Crippen LogP contribution in [0, 0.1) is 5.41 Å². The van der Waals surface area contributed by atoms with E-state index >= 15 is 0 Å². The summed E-state index contributed by atoms with van der Waals surface area (Å²) in [5.41, 5.74) is -0.282. The Bertz CT molecular complexity index is 490. The zero-order chi connectivity index (χ0) is 16.5. The molecule has 1 unspecified atom stereocenters. The Hall–Kier alpha value is -1.66. The van der Waals surface area contributed by atoms with E-state index in [0.29, 0.717) is 5.56 Å². The number of hydrogen-bond acceptors (Lipinski definition) is 1. The van der Waals surface area contributed by atoms with Crippen LogP contribution in [0.2, 0.25) is 0 Å². The van der Waals surface area contributed by atoms with Gasteiger partial charge in [0.1, 0.15) is 0 Å². The summed E-state index contributed by atoms with van der Waals surface area (Å²) < 4.78 is 62.8. The highest BCUT2D eigenvalue weighted by molar-refractivity contribution is 5.84. The number of amides is 1. The third kappa shape index (κ3) is 3.92. The molecule has 1 atom stereocenters. The Morgan fingerprint density at radius 2 is 1.48 bits per heavy atom. The number of rotatable bonds is 3. The fourth-order valence-corrected chi connectivity index (χ4v) is 1.80. The van der Waals surface area contributed by atoms with E-state index in [1.807, 2.05) is 5.32 Å². The fourth-order valence-electron chi connectivity index (χ4n) is 1.80. The van der Waals surface area contributed by atoms with Gasteiger partial charge in [0.2, 0.25) is 0 Å². The van der Waals surface area contributed by atoms with Crippen molar-refractivity contribution in [2.75, 3.05) is 0 Å². The summed E-state index contributed by atoms with van der Waals surface area (Å²) in [7, 11) is 0. The average Bonchev–Trinajstić information content (AvgIpc) is 2.33. The van der Waals surface area contributed by atoms with Crippen molar-refractivity contribution in [1.82, 2.24) is 5.32 Å². The predicted octanol–water partition coefficient (Wildman–Crippen LogP) is 4.09. The van der Waals surface area contributed by atoms with E-state index in [0.717, 1.165) is 0 Å². The van der Waals surface area contributed by atoms with Crippen LogP contribution in [0.4, 0.5) is 22.0 Å². The van der Waals surface area contributed by atoms with Crippen LogP contribution in [0.3, 0.4) is 0 Å². The van der Waals surface area contributed by atoms with Gasteiger partial charge in [-0.15, -0.1) is 0 Å². The molecule has 1 amide bonds. The van der Waals surface area contributed by atoms with E-state index < -0.39 is 29.5 Å². The molecule has 0 heterocycles. The maximum absolute atomic E-state index is 13.1. The Balaban J connectivity index is 3.08. The van der Waals surface area contributed by atoms with Gasteiger partial charge in [0.25, 0.3) is 0 Å². The Labute approximate surface area is 119 Å². The largest absolute Gasteiger partial charge is 0.463 e. The summed E-state index contributed by atoms with van der Waals surface area (Å²) in [5, 5.41) is 1.81. The minimum atomic E-state index is -5.92. The summed E-state index contributed by atoms with van der Waals surface area (Å²) in [5.74, 6) is -7.77. The Kier molecular flexibility index (Phi) is 4.65. The second-order valence-electron chi connectivity index (χ2n) is 5.76. The number of halogens is 5. The molecule has 1 rings (SSSR count). The van der Waals surface area contributed by atoms with Crippen LogP contribution in [-0.2, 0) is 4.79 Å². The second kappa shape index (κ2) is 5.61. The molecule has 0 radical (unpaired) electrons. The molecular formula is C14H16F5NO. The van der Waals surface area contributed by atoms with Gasteiger partial charge in [0, 0.05) is 0 Å². The van der Waals surface area contributed by atoms with Crippen molar-refractivity contribution in [1.29, 1.82) is 0 Å². The Morgan fingerprint density at radius 1 is 1.00 bits per heavy atom. The van der Waals surface area contributed by atoms with E-state index in [-0.39, 0.29) is 0 Å². The lowest BCUT2D eigenvalue weighted by Crippen LogP contribution is -2.52. The fraction of sp³-hybridized carbons (Fsp3) is 0.500. The summed E-state index contributed by atoms with van der Waals surface area (Å²) in [6, 6.07) is 7.04. The molecule has 0 aliphatic rings. The van der Waals surface area contributed by atoms with Crippen molar-refractivity contribution < 1.29 is 26.7 Å². The molecule has 0 bridgehead atoms. The van der Waals surface area contributed by atoms with Crippen LogP contribution in [0.5, 0.6) is 0 Å². The lowest BCUT2D eigenvalue weighted by atomic mass is 9.82. The zero-order valence-electron chi connectivity index (χ0n) is 11.8. The van der Waals surface area contributed by atoms with E-state index in [4.69, 9.17) is 0 Å². The number of hydrogen-bond donors (Lipinski definition) is 1. The maximum atomic E-state index is 13.1. The molecule has 1 aromatic carbocycles. The van der Waals surface area contributed by atoms with E-state index in [9.17, 15) is 26.7 Å². The van der Waals surface area contributed by atoms with Gasteiger partial charge in [0.15, 0.2) is 0 Å². The molecule has 7 heteroatoms. The van der Waals surface area contributed by atoms with Gasteiger partial charge in [-0.3, -0.25) is 4.79 Å². The molecule has 0 fully saturated rings. The van der Waals surface area contributed by atoms with E-state index in [1.165, 1.54) is 0 Å². The molecule has 0 aliphatic heterocycles. The number of alkyl halides is 5. The quantitative estimate of drug-likeness (QED) is 0.837. The highest BCUT2D eigenvalue weighted by Gasteiger charge is 2.63. The highest BCUT2D eigenvalue weighted by Crippen LogP contribution is 2.38. The van der Waals surface area contributed by atoms with Crippen molar-refractivity contribution in [3.8, 4) is 0 Å². The van der Waals surface area contributed by atoms with Gasteiger partial charge in [0.05, 0.1) is 6.04 Å². The number of nitrogens with one attached hydrogen (secondary N) is 1. The standard InChI is InChI=1S/C14H16F5NO/c1-12(2,3)10(9-7-5-4-6-8-9)20-11(21)13(15,16)14(17,18)19/h4-8,10H,1-3H3,(H,20,21). The summed E-state index contributed by atoms with van der Waals surface area (Å²) in [4.78, 5) is 11.4. The van der Waals surface area contributed by atoms with E-state index in [2.05, 4.69) is 0 Å². The molecule has 0 aliphatic carbocycles. The highest BCUT2D eigenvalue weighted by atomic mass is 19.4. The molecule has 0 saturated heterocycles. The van der Waals surface area contributed by atoms with Gasteiger partial charge < -0.3 is 5.32 Å². The van der Waals surface area contributed by atoms with Crippen molar-refractivity contribution in [2.24, 2.45) is 5.41 Å². The van der Waals surface area contributed by atoms with Crippen molar-refractivity contribution in [3.05, 3.63) is 35.9 Å². The molecule has 0 aromatic heterocycles. The van der Waals surface area contributed by atoms with Crippen LogP contribution in [0.25, 0.3) is 0 Å². The van der Waals surface area contributed by atoms with E-state index in [1.54, 1.807) is 51.1 Å². The van der Waals surface area contributed by atoms with Crippen LogP contribution in [-0.4, -0.2) is 18.0 Å². The molecular weight excluding hydrogens is 293 g/mol. The number of carbonyl (C=O) groups excluding carboxylic acids is 1. The topological polar surface area (TPSA) is 29.1 Å². The van der Waals surface area contributed by atoms with Gasteiger partial charge >= 0.3 is 18.0 Å². The molecule has 2 nitrogen and oxygen atoms in total. The monoisotopic (exact) mass is 309 g/mol. The molecule has 118 valence electrons. The smallest absolute Gasteiger partial charge is 0.343 e. The summed E-state index contributed by atoms with van der Waals surface area (Å²) >= 11 is 0. The SMILES string of the molecule is CC(C)(C)C(NC(=O)C(F)(F)C(F)(F)F)c1ccccc1. The van der Waals surface area contributed by atoms with Crippen LogP contribution < -0.4 is 5.32 Å². The minimum absolute atomic E-state index is 0.455. The van der Waals surface area contributed by atoms with Crippen LogP contribution in [0.15, 0.2) is 30.3 Å². The first-order valence-corrected chi connectivity index (χ1v) is 6.18. The molecule has 0 saturated carbocycles. The maximum Gasteiger partial charge on any atom is 0.463 e. The first kappa shape index (κ1) is 17.4. The average molecular weight is 309 g/mol. The summed E-state index contributed by atoms with van der Waals surface area (Å²) in [6.07, 6.45) is -5.92. The third-order valence-corrected chi connectivity index (χ3v) is 2.92. The molecule has 21 heavy (non-hydrogen) atoms. The normalized spacial score (nSPS) is 14.7. The van der Waals surface area contributed by atoms with Gasteiger partial charge in [-0.2, -0.15) is 22.0 Å². The van der Waals surface area contributed by atoms with Crippen molar-refractivity contribution >= 4 is 5.91 Å². The van der Waals surface area contributed by atoms with Crippen molar-refractivity contribution in [2.45, 2.75) is 38.9 Å². The summed E-state index contributed by atoms with van der Waals surface area (Å²) in [6.45, 7) is 4.91. The zero-order valence-corrected chi connectivity index (χ0v) is 11.8. The van der Waals surface area contributed by atoms with Gasteiger partial charge in [-0.05, 0) is 11.0 Å². The first-order chi connectivity index (χ1) is 9.37. The lowest BCUT2D eigenvalue weighted by Gasteiger charge is -2.33. The number of benzene rings is 1. The third-order valence-electron chi connectivity index (χ3n) is 2.92.